The summed E-state index contributed by atoms with van der Waals surface area (Å²) in [5.41, 5.74) is 4.87. The topological polar surface area (TPSA) is 31.6 Å². The average molecular weight is 274 g/mol. The van der Waals surface area contributed by atoms with Crippen molar-refractivity contribution in [2.24, 2.45) is 0 Å². The number of allylic oxidation sites excluding steroid dienone is 2. The molecule has 0 amide bonds. The van der Waals surface area contributed by atoms with Crippen molar-refractivity contribution in [2.45, 2.75) is 19.3 Å². The van der Waals surface area contributed by atoms with E-state index in [2.05, 4.69) is 73.4 Å². The Hall–Kier alpha value is -2.48. The van der Waals surface area contributed by atoms with Crippen molar-refractivity contribution in [3.05, 3.63) is 55.8 Å². The van der Waals surface area contributed by atoms with Crippen LogP contribution in [0.4, 0.5) is 0 Å². The van der Waals surface area contributed by atoms with Crippen LogP contribution in [0, 0.1) is 0 Å². The summed E-state index contributed by atoms with van der Waals surface area (Å²) in [4.78, 5) is 6.79. The van der Waals surface area contributed by atoms with Crippen LogP contribution in [0.3, 0.4) is 0 Å². The first-order valence-corrected chi connectivity index (χ1v) is 7.20. The minimum Gasteiger partial charge on any atom is -0.355 e. The third-order valence-electron chi connectivity index (χ3n) is 4.60. The molecule has 0 aromatic carbocycles. The maximum atomic E-state index is 4.22. The highest BCUT2D eigenvalue weighted by atomic mass is 14.7. The van der Waals surface area contributed by atoms with Crippen LogP contribution in [-0.4, -0.2) is 9.97 Å². The number of hydrogen-bond donors (Lipinski definition) is 2. The number of aromatic amines is 2. The van der Waals surface area contributed by atoms with Crippen molar-refractivity contribution in [1.29, 1.82) is 0 Å². The third-order valence-corrected chi connectivity index (χ3v) is 4.60. The van der Waals surface area contributed by atoms with Gasteiger partial charge in [0.15, 0.2) is 0 Å². The quantitative estimate of drug-likeness (QED) is 0.822. The molecule has 104 valence electrons. The molecule has 2 heterocycles. The van der Waals surface area contributed by atoms with E-state index in [4.69, 9.17) is 0 Å². The number of hydrogen-bond acceptors (Lipinski definition) is 0. The second-order valence-electron chi connectivity index (χ2n) is 6.29. The van der Waals surface area contributed by atoms with Gasteiger partial charge in [-0.05, 0) is 23.3 Å². The zero-order chi connectivity index (χ0) is 14.8. The second-order valence-corrected chi connectivity index (χ2v) is 6.29. The largest absolute Gasteiger partial charge is 0.355 e. The van der Waals surface area contributed by atoms with E-state index >= 15 is 0 Å². The fourth-order valence-corrected chi connectivity index (χ4v) is 3.82. The normalized spacial score (nSPS) is 15.0. The van der Waals surface area contributed by atoms with Gasteiger partial charge in [-0.2, -0.15) is 0 Å². The molecule has 2 heteroatoms. The molecule has 21 heavy (non-hydrogen) atoms. The summed E-state index contributed by atoms with van der Waals surface area (Å²) in [6.07, 6.45) is 12.7. The van der Waals surface area contributed by atoms with Crippen LogP contribution >= 0.6 is 0 Å². The number of rotatable bonds is 2. The standard InChI is InChI=1S/C19H18N2/c1-11-17(13-7-5-9-15(13)20-11)19(3,4)18-12(2)21-16-10-6-8-14(16)18/h5-10,20-21H,1-2H2,3-4H3. The molecule has 2 nitrogen and oxygen atoms in total. The Morgan fingerprint density at radius 1 is 0.810 bits per heavy atom. The summed E-state index contributed by atoms with van der Waals surface area (Å²) in [5, 5.41) is 4.29. The summed E-state index contributed by atoms with van der Waals surface area (Å²) < 4.78 is 0. The van der Waals surface area contributed by atoms with Crippen molar-refractivity contribution in [3.63, 3.8) is 0 Å². The van der Waals surface area contributed by atoms with Gasteiger partial charge in [-0.15, -0.1) is 0 Å². The Balaban J connectivity index is 2.06. The van der Waals surface area contributed by atoms with Gasteiger partial charge in [0.05, 0.1) is 0 Å². The van der Waals surface area contributed by atoms with Gasteiger partial charge in [0, 0.05) is 37.9 Å². The lowest BCUT2D eigenvalue weighted by Gasteiger charge is -2.26. The van der Waals surface area contributed by atoms with Gasteiger partial charge in [0.2, 0.25) is 0 Å². The Morgan fingerprint density at radius 2 is 1.24 bits per heavy atom. The SMILES string of the molecule is C=c1[nH]c2c(c1C(C)(C)c1c3c([nH]c1=C)=CC=C3)C=CC=2. The molecule has 2 aliphatic rings. The van der Waals surface area contributed by atoms with E-state index in [1.807, 2.05) is 0 Å². The third kappa shape index (κ3) is 1.47. The van der Waals surface area contributed by atoms with Gasteiger partial charge in [-0.3, -0.25) is 0 Å². The predicted molar refractivity (Wildman–Crippen MR) is 90.3 cm³/mol. The molecule has 0 aliphatic heterocycles. The lowest BCUT2D eigenvalue weighted by molar-refractivity contribution is 0.631. The summed E-state index contributed by atoms with van der Waals surface area (Å²) >= 11 is 0. The summed E-state index contributed by atoms with van der Waals surface area (Å²) in [6, 6.07) is 0. The molecule has 0 spiro atoms. The van der Waals surface area contributed by atoms with Crippen LogP contribution in [0.2, 0.25) is 0 Å². The average Bonchev–Trinajstić information content (AvgIpc) is 3.07. The highest BCUT2D eigenvalue weighted by Gasteiger charge is 2.32. The minimum atomic E-state index is -0.159. The second kappa shape index (κ2) is 3.79. The first kappa shape index (κ1) is 12.3. The van der Waals surface area contributed by atoms with E-state index in [0.29, 0.717) is 0 Å². The van der Waals surface area contributed by atoms with Crippen LogP contribution < -0.4 is 21.4 Å². The maximum Gasteiger partial charge on any atom is 0.0461 e. The molecule has 0 bridgehead atoms. The minimum absolute atomic E-state index is 0.159. The molecule has 2 aromatic rings. The van der Waals surface area contributed by atoms with Gasteiger partial charge in [0.25, 0.3) is 0 Å². The smallest absolute Gasteiger partial charge is 0.0461 e. The summed E-state index contributed by atoms with van der Waals surface area (Å²) in [6.45, 7) is 12.9. The Bertz CT molecular complexity index is 952. The van der Waals surface area contributed by atoms with Gasteiger partial charge in [-0.25, -0.2) is 0 Å². The first-order chi connectivity index (χ1) is 10.00. The first-order valence-electron chi connectivity index (χ1n) is 7.20. The van der Waals surface area contributed by atoms with Crippen molar-refractivity contribution in [3.8, 4) is 0 Å². The Morgan fingerprint density at radius 3 is 1.67 bits per heavy atom. The zero-order valence-electron chi connectivity index (χ0n) is 12.4. The maximum absolute atomic E-state index is 4.22. The van der Waals surface area contributed by atoms with Gasteiger partial charge < -0.3 is 9.97 Å². The highest BCUT2D eigenvalue weighted by molar-refractivity contribution is 5.73. The molecule has 2 N–H and O–H groups in total. The molecule has 0 radical (unpaired) electrons. The summed E-state index contributed by atoms with van der Waals surface area (Å²) in [7, 11) is 0. The highest BCUT2D eigenvalue weighted by Crippen LogP contribution is 2.32. The van der Waals surface area contributed by atoms with Gasteiger partial charge >= 0.3 is 0 Å². The Labute approximate surface area is 123 Å². The number of H-pyrrole nitrogens is 2. The number of nitrogens with one attached hydrogen (secondary N) is 2. The van der Waals surface area contributed by atoms with E-state index < -0.39 is 0 Å². The van der Waals surface area contributed by atoms with E-state index in [-0.39, 0.29) is 5.41 Å². The molecule has 0 fully saturated rings. The fourth-order valence-electron chi connectivity index (χ4n) is 3.82. The van der Waals surface area contributed by atoms with E-state index in [0.717, 1.165) is 21.4 Å². The van der Waals surface area contributed by atoms with Crippen molar-refractivity contribution < 1.29 is 0 Å². The number of aromatic nitrogens is 2. The van der Waals surface area contributed by atoms with Crippen molar-refractivity contribution in [1.82, 2.24) is 9.97 Å². The summed E-state index contributed by atoms with van der Waals surface area (Å²) in [5.74, 6) is 0. The predicted octanol–water partition coefficient (Wildman–Crippen LogP) is 1.10. The van der Waals surface area contributed by atoms with Crippen LogP contribution in [0.15, 0.2) is 12.2 Å². The van der Waals surface area contributed by atoms with Crippen LogP contribution in [0.25, 0.3) is 37.5 Å². The Kier molecular flexibility index (Phi) is 2.22. The molecule has 0 atom stereocenters. The number of fused-ring (bicyclic) bond motifs is 2. The van der Waals surface area contributed by atoms with Gasteiger partial charge in [0.1, 0.15) is 0 Å². The molecule has 2 aliphatic carbocycles. The zero-order valence-corrected chi connectivity index (χ0v) is 12.4. The van der Waals surface area contributed by atoms with E-state index in [1.54, 1.807) is 0 Å². The van der Waals surface area contributed by atoms with Gasteiger partial charge in [-0.1, -0.05) is 51.3 Å². The molecular formula is C19H18N2. The molecule has 4 rings (SSSR count). The molecular weight excluding hydrogens is 256 g/mol. The molecule has 0 saturated heterocycles. The fraction of sp³-hybridized carbons (Fsp3) is 0.158. The van der Waals surface area contributed by atoms with Crippen LogP contribution in [-0.2, 0) is 5.41 Å². The lowest BCUT2D eigenvalue weighted by Crippen LogP contribution is -2.31. The van der Waals surface area contributed by atoms with E-state index in [9.17, 15) is 0 Å². The lowest BCUT2D eigenvalue weighted by atomic mass is 9.76. The van der Waals surface area contributed by atoms with Crippen molar-refractivity contribution in [2.75, 3.05) is 0 Å². The monoisotopic (exact) mass is 274 g/mol. The van der Waals surface area contributed by atoms with E-state index in [1.165, 1.54) is 22.3 Å². The van der Waals surface area contributed by atoms with Crippen LogP contribution in [0.1, 0.15) is 36.1 Å². The molecule has 0 unspecified atom stereocenters. The molecule has 0 saturated carbocycles. The molecule has 2 aromatic heterocycles. The van der Waals surface area contributed by atoms with Crippen molar-refractivity contribution >= 4 is 37.5 Å². The van der Waals surface area contributed by atoms with Crippen LogP contribution in [0.5, 0.6) is 0 Å².